The predicted molar refractivity (Wildman–Crippen MR) is 149 cm³/mol. The summed E-state index contributed by atoms with van der Waals surface area (Å²) in [6, 6.07) is 13.9. The Morgan fingerprint density at radius 3 is 2.30 bits per heavy atom. The van der Waals surface area contributed by atoms with Crippen molar-refractivity contribution in [3.8, 4) is 11.5 Å². The van der Waals surface area contributed by atoms with E-state index in [1.807, 2.05) is 13.8 Å². The summed E-state index contributed by atoms with van der Waals surface area (Å²) >= 11 is 6.90. The largest absolute Gasteiger partial charge is 0.493 e. The molecule has 7 nitrogen and oxygen atoms in total. The number of urea groups is 1. The molecule has 3 aromatic carbocycles. The van der Waals surface area contributed by atoms with E-state index < -0.39 is 17.8 Å². The summed E-state index contributed by atoms with van der Waals surface area (Å²) in [5, 5.41) is 2.25. The van der Waals surface area contributed by atoms with Crippen LogP contribution in [0.2, 0.25) is 0 Å². The number of methoxy groups -OCH3 is 1. The SMILES string of the molecule is COc1cc(/C=C2/C(=O)NC(=O)N(c3ccc(Br)cc3C)C2=O)cc(Br)c1OCc1cc(C)cc(C)c1. The third-order valence-corrected chi connectivity index (χ3v) is 6.81. The molecule has 0 unspecified atom stereocenters. The first kappa shape index (κ1) is 26.6. The molecule has 1 aliphatic heterocycles. The maximum atomic E-state index is 13.3. The molecule has 0 atom stereocenters. The molecule has 190 valence electrons. The van der Waals surface area contributed by atoms with Crippen molar-refractivity contribution in [1.29, 1.82) is 0 Å². The van der Waals surface area contributed by atoms with Crippen LogP contribution >= 0.6 is 31.9 Å². The topological polar surface area (TPSA) is 84.9 Å². The van der Waals surface area contributed by atoms with E-state index in [-0.39, 0.29) is 5.57 Å². The lowest BCUT2D eigenvalue weighted by molar-refractivity contribution is -0.122. The summed E-state index contributed by atoms with van der Waals surface area (Å²) < 4.78 is 13.0. The first-order valence-electron chi connectivity index (χ1n) is 11.3. The molecule has 0 aromatic heterocycles. The Kier molecular flexibility index (Phi) is 7.85. The van der Waals surface area contributed by atoms with Crippen LogP contribution in [-0.4, -0.2) is 25.0 Å². The van der Waals surface area contributed by atoms with Gasteiger partial charge in [0.15, 0.2) is 11.5 Å². The minimum Gasteiger partial charge on any atom is -0.493 e. The number of hydrogen-bond acceptors (Lipinski definition) is 5. The fourth-order valence-corrected chi connectivity index (χ4v) is 5.23. The van der Waals surface area contributed by atoms with Gasteiger partial charge in [-0.3, -0.25) is 14.9 Å². The molecule has 1 N–H and O–H groups in total. The Labute approximate surface area is 231 Å². The van der Waals surface area contributed by atoms with Gasteiger partial charge in [0, 0.05) is 4.47 Å². The standard InChI is InChI=1S/C28H24Br2N2O5/c1-15-7-16(2)9-19(8-15)14-37-25-22(30)12-18(13-24(25)36-4)11-21-26(33)31-28(35)32(27(21)34)23-6-5-20(29)10-17(23)3/h5-13H,14H2,1-4H3,(H,31,33,35)/b21-11-. The molecule has 1 heterocycles. The van der Waals surface area contributed by atoms with E-state index in [9.17, 15) is 14.4 Å². The highest BCUT2D eigenvalue weighted by atomic mass is 79.9. The second kappa shape index (κ2) is 10.9. The molecular weight excluding hydrogens is 604 g/mol. The normalized spacial score (nSPS) is 14.7. The number of benzene rings is 3. The third-order valence-electron chi connectivity index (χ3n) is 5.73. The van der Waals surface area contributed by atoms with Crippen molar-refractivity contribution >= 4 is 61.5 Å². The summed E-state index contributed by atoms with van der Waals surface area (Å²) in [7, 11) is 1.51. The highest BCUT2D eigenvalue weighted by Crippen LogP contribution is 2.38. The second-order valence-electron chi connectivity index (χ2n) is 8.71. The predicted octanol–water partition coefficient (Wildman–Crippen LogP) is 6.39. The molecule has 37 heavy (non-hydrogen) atoms. The third kappa shape index (κ3) is 5.78. The second-order valence-corrected chi connectivity index (χ2v) is 10.5. The van der Waals surface area contributed by atoms with Crippen LogP contribution in [0.3, 0.4) is 0 Å². The molecule has 0 aliphatic carbocycles. The number of hydrogen-bond donors (Lipinski definition) is 1. The molecule has 0 spiro atoms. The molecule has 1 fully saturated rings. The van der Waals surface area contributed by atoms with Crippen LogP contribution in [-0.2, 0) is 16.2 Å². The van der Waals surface area contributed by atoms with Crippen LogP contribution in [0.4, 0.5) is 10.5 Å². The first-order valence-corrected chi connectivity index (χ1v) is 12.9. The average Bonchev–Trinajstić information content (AvgIpc) is 2.81. The number of aryl methyl sites for hydroxylation is 3. The lowest BCUT2D eigenvalue weighted by Crippen LogP contribution is -2.54. The van der Waals surface area contributed by atoms with E-state index in [1.54, 1.807) is 37.3 Å². The molecule has 4 rings (SSSR count). The Bertz CT molecular complexity index is 1440. The molecule has 0 saturated carbocycles. The number of halogens is 2. The highest BCUT2D eigenvalue weighted by molar-refractivity contribution is 9.10. The van der Waals surface area contributed by atoms with Crippen LogP contribution < -0.4 is 19.7 Å². The minimum atomic E-state index is -0.800. The van der Waals surface area contributed by atoms with E-state index in [0.717, 1.165) is 26.1 Å². The Morgan fingerprint density at radius 2 is 1.65 bits per heavy atom. The summed E-state index contributed by atoms with van der Waals surface area (Å²) in [6.07, 6.45) is 1.42. The molecule has 0 bridgehead atoms. The maximum absolute atomic E-state index is 13.3. The number of amides is 4. The van der Waals surface area contributed by atoms with Crippen molar-refractivity contribution in [2.45, 2.75) is 27.4 Å². The Hall–Kier alpha value is -3.43. The van der Waals surface area contributed by atoms with Gasteiger partial charge in [0.1, 0.15) is 12.2 Å². The first-order chi connectivity index (χ1) is 17.6. The van der Waals surface area contributed by atoms with Gasteiger partial charge in [-0.25, -0.2) is 9.69 Å². The number of nitrogens with zero attached hydrogens (tertiary/aromatic N) is 1. The molecule has 3 aromatic rings. The number of carbonyl (C=O) groups is 3. The van der Waals surface area contributed by atoms with E-state index in [1.165, 1.54) is 13.2 Å². The fourth-order valence-electron chi connectivity index (χ4n) is 4.18. The molecular formula is C28H24Br2N2O5. The molecule has 1 saturated heterocycles. The van der Waals surface area contributed by atoms with Gasteiger partial charge in [0.05, 0.1) is 17.3 Å². The zero-order valence-corrected chi connectivity index (χ0v) is 23.8. The molecule has 0 radical (unpaired) electrons. The van der Waals surface area contributed by atoms with Crippen LogP contribution in [0, 0.1) is 20.8 Å². The van der Waals surface area contributed by atoms with Crippen LogP contribution in [0.1, 0.15) is 27.8 Å². The fraction of sp³-hybridized carbons (Fsp3) is 0.179. The molecule has 9 heteroatoms. The Balaban J connectivity index is 1.65. The highest BCUT2D eigenvalue weighted by Gasteiger charge is 2.37. The zero-order chi connectivity index (χ0) is 26.9. The van der Waals surface area contributed by atoms with E-state index in [2.05, 4.69) is 55.4 Å². The number of nitrogens with one attached hydrogen (secondary N) is 1. The van der Waals surface area contributed by atoms with Gasteiger partial charge >= 0.3 is 6.03 Å². The van der Waals surface area contributed by atoms with Crippen LogP contribution in [0.15, 0.2) is 63.0 Å². The van der Waals surface area contributed by atoms with Gasteiger partial charge in [0.25, 0.3) is 11.8 Å². The van der Waals surface area contributed by atoms with Crippen LogP contribution in [0.25, 0.3) is 6.08 Å². The lowest BCUT2D eigenvalue weighted by Gasteiger charge is -2.27. The van der Waals surface area contributed by atoms with Crippen molar-refractivity contribution < 1.29 is 23.9 Å². The van der Waals surface area contributed by atoms with Gasteiger partial charge in [-0.15, -0.1) is 0 Å². The minimum absolute atomic E-state index is 0.181. The number of barbiturate groups is 1. The summed E-state index contributed by atoms with van der Waals surface area (Å²) in [6.45, 7) is 6.18. The average molecular weight is 628 g/mol. The smallest absolute Gasteiger partial charge is 0.335 e. The quantitative estimate of drug-likeness (QED) is 0.253. The van der Waals surface area contributed by atoms with Gasteiger partial charge in [-0.1, -0.05) is 45.3 Å². The van der Waals surface area contributed by atoms with Gasteiger partial charge in [0.2, 0.25) is 0 Å². The van der Waals surface area contributed by atoms with Gasteiger partial charge < -0.3 is 9.47 Å². The van der Waals surface area contributed by atoms with Crippen LogP contribution in [0.5, 0.6) is 11.5 Å². The number of anilines is 1. The monoisotopic (exact) mass is 626 g/mol. The lowest BCUT2D eigenvalue weighted by atomic mass is 10.1. The number of rotatable bonds is 6. The zero-order valence-electron chi connectivity index (χ0n) is 20.6. The van der Waals surface area contributed by atoms with E-state index in [4.69, 9.17) is 9.47 Å². The Morgan fingerprint density at radius 1 is 0.946 bits per heavy atom. The molecule has 1 aliphatic rings. The van der Waals surface area contributed by atoms with Gasteiger partial charge in [-0.05, 0) is 89.8 Å². The summed E-state index contributed by atoms with van der Waals surface area (Å²) in [4.78, 5) is 39.5. The van der Waals surface area contributed by atoms with E-state index in [0.29, 0.717) is 39.4 Å². The number of carbonyl (C=O) groups excluding carboxylic acids is 3. The van der Waals surface area contributed by atoms with Gasteiger partial charge in [-0.2, -0.15) is 0 Å². The number of ether oxygens (including phenoxy) is 2. The van der Waals surface area contributed by atoms with Crippen molar-refractivity contribution in [2.75, 3.05) is 12.0 Å². The van der Waals surface area contributed by atoms with Crippen molar-refractivity contribution in [2.24, 2.45) is 0 Å². The number of imide groups is 2. The summed E-state index contributed by atoms with van der Waals surface area (Å²) in [5.74, 6) is -0.577. The summed E-state index contributed by atoms with van der Waals surface area (Å²) in [5.41, 5.74) is 4.73. The van der Waals surface area contributed by atoms with Crippen molar-refractivity contribution in [3.63, 3.8) is 0 Å². The van der Waals surface area contributed by atoms with Crippen molar-refractivity contribution in [1.82, 2.24) is 5.32 Å². The van der Waals surface area contributed by atoms with Crippen molar-refractivity contribution in [3.05, 3.63) is 90.9 Å². The maximum Gasteiger partial charge on any atom is 0.335 e. The molecule has 4 amide bonds. The van der Waals surface area contributed by atoms with E-state index >= 15 is 0 Å².